The van der Waals surface area contributed by atoms with Gasteiger partial charge in [0.05, 0.1) is 19.3 Å². The molecule has 5 nitrogen and oxygen atoms in total. The summed E-state index contributed by atoms with van der Waals surface area (Å²) in [6.45, 7) is 8.53. The first-order valence-corrected chi connectivity index (χ1v) is 7.77. The van der Waals surface area contributed by atoms with Gasteiger partial charge >= 0.3 is 0 Å². The van der Waals surface area contributed by atoms with Crippen LogP contribution in [0, 0.1) is 0 Å². The maximum absolute atomic E-state index is 4.59. The fraction of sp³-hybridized carbons (Fsp3) is 0.412. The lowest BCUT2D eigenvalue weighted by Crippen LogP contribution is -2.40. The molecule has 0 bridgehead atoms. The summed E-state index contributed by atoms with van der Waals surface area (Å²) in [5, 5.41) is 11.0. The molecule has 0 atom stereocenters. The molecular formula is C17H26IN5. The fourth-order valence-corrected chi connectivity index (χ4v) is 2.11. The van der Waals surface area contributed by atoms with Gasteiger partial charge in [-0.15, -0.1) is 24.0 Å². The summed E-state index contributed by atoms with van der Waals surface area (Å²) < 4.78 is 1.95. The van der Waals surface area contributed by atoms with E-state index in [1.807, 2.05) is 29.1 Å². The molecule has 0 spiro atoms. The maximum atomic E-state index is 4.59. The Balaban J connectivity index is 0.00000264. The molecule has 0 aliphatic rings. The van der Waals surface area contributed by atoms with Crippen LogP contribution in [0.25, 0.3) is 0 Å². The lowest BCUT2D eigenvalue weighted by molar-refractivity contribution is 0.685. The number of aromatic nitrogens is 2. The number of nitrogens with one attached hydrogen (secondary N) is 2. The number of halogens is 1. The molecule has 23 heavy (non-hydrogen) atoms. The van der Waals surface area contributed by atoms with E-state index in [1.54, 1.807) is 0 Å². The normalized spacial score (nSPS) is 11.2. The van der Waals surface area contributed by atoms with E-state index in [9.17, 15) is 0 Å². The van der Waals surface area contributed by atoms with Gasteiger partial charge in [-0.3, -0.25) is 4.68 Å². The molecule has 0 radical (unpaired) electrons. The number of hydrogen-bond donors (Lipinski definition) is 2. The van der Waals surface area contributed by atoms with E-state index >= 15 is 0 Å². The van der Waals surface area contributed by atoms with Crippen LogP contribution in [0.15, 0.2) is 47.7 Å². The molecule has 0 unspecified atom stereocenters. The largest absolute Gasteiger partial charge is 0.357 e. The van der Waals surface area contributed by atoms with Gasteiger partial charge in [0.2, 0.25) is 0 Å². The van der Waals surface area contributed by atoms with Crippen LogP contribution in [0.1, 0.15) is 31.9 Å². The number of rotatable bonds is 6. The lowest BCUT2D eigenvalue weighted by Gasteiger charge is -2.13. The van der Waals surface area contributed by atoms with Crippen molar-refractivity contribution in [2.45, 2.75) is 39.9 Å². The van der Waals surface area contributed by atoms with E-state index in [0.29, 0.717) is 12.6 Å². The molecule has 126 valence electrons. The minimum atomic E-state index is 0. The molecule has 2 rings (SSSR count). The van der Waals surface area contributed by atoms with Gasteiger partial charge in [-0.25, -0.2) is 4.99 Å². The highest BCUT2D eigenvalue weighted by Gasteiger charge is 2.02. The van der Waals surface area contributed by atoms with Crippen LogP contribution < -0.4 is 10.6 Å². The van der Waals surface area contributed by atoms with E-state index in [0.717, 1.165) is 24.6 Å². The molecular weight excluding hydrogens is 401 g/mol. The molecule has 6 heteroatoms. The third kappa shape index (κ3) is 7.02. The summed E-state index contributed by atoms with van der Waals surface area (Å²) in [6.07, 6.45) is 3.93. The Bertz CT molecular complexity index is 592. The van der Waals surface area contributed by atoms with Crippen molar-refractivity contribution in [3.8, 4) is 0 Å². The van der Waals surface area contributed by atoms with E-state index in [2.05, 4.69) is 59.8 Å². The van der Waals surface area contributed by atoms with Crippen LogP contribution in [-0.2, 0) is 13.1 Å². The molecule has 0 saturated heterocycles. The highest BCUT2D eigenvalue weighted by atomic mass is 127. The average Bonchev–Trinajstić information content (AvgIpc) is 2.93. The van der Waals surface area contributed by atoms with E-state index in [1.165, 1.54) is 5.56 Å². The summed E-state index contributed by atoms with van der Waals surface area (Å²) in [6, 6.07) is 10.7. The first-order chi connectivity index (χ1) is 10.7. The second-order valence-corrected chi connectivity index (χ2v) is 5.53. The molecule has 1 aromatic carbocycles. The smallest absolute Gasteiger partial charge is 0.191 e. The van der Waals surface area contributed by atoms with Gasteiger partial charge in [-0.05, 0) is 26.3 Å². The van der Waals surface area contributed by atoms with Crippen LogP contribution in [0.2, 0.25) is 0 Å². The van der Waals surface area contributed by atoms with Gasteiger partial charge in [0.1, 0.15) is 0 Å². The van der Waals surface area contributed by atoms with Gasteiger partial charge in [0.25, 0.3) is 0 Å². The molecule has 0 amide bonds. The number of aliphatic imine (C=N–C) groups is 1. The Hall–Kier alpha value is -1.57. The predicted octanol–water partition coefficient (Wildman–Crippen LogP) is 3.01. The monoisotopic (exact) mass is 427 g/mol. The van der Waals surface area contributed by atoms with Gasteiger partial charge in [0, 0.05) is 24.3 Å². The average molecular weight is 427 g/mol. The Morgan fingerprint density at radius 2 is 1.96 bits per heavy atom. The Kier molecular flexibility index (Phi) is 8.68. The Morgan fingerprint density at radius 1 is 1.22 bits per heavy atom. The number of guanidine groups is 1. The Morgan fingerprint density at radius 3 is 2.61 bits per heavy atom. The van der Waals surface area contributed by atoms with Crippen LogP contribution in [-0.4, -0.2) is 28.3 Å². The van der Waals surface area contributed by atoms with Crippen molar-refractivity contribution < 1.29 is 0 Å². The number of nitrogens with zero attached hydrogens (tertiary/aromatic N) is 3. The summed E-state index contributed by atoms with van der Waals surface area (Å²) in [5.74, 6) is 0.841. The highest BCUT2D eigenvalue weighted by molar-refractivity contribution is 14.0. The van der Waals surface area contributed by atoms with Gasteiger partial charge in [-0.1, -0.05) is 30.3 Å². The molecule has 0 fully saturated rings. The van der Waals surface area contributed by atoms with Crippen molar-refractivity contribution in [1.82, 2.24) is 20.4 Å². The summed E-state index contributed by atoms with van der Waals surface area (Å²) in [5.41, 5.74) is 2.35. The van der Waals surface area contributed by atoms with Crippen molar-refractivity contribution in [2.75, 3.05) is 6.54 Å². The molecule has 0 aliphatic heterocycles. The third-order valence-corrected chi connectivity index (χ3v) is 3.06. The first-order valence-electron chi connectivity index (χ1n) is 7.77. The minimum absolute atomic E-state index is 0. The Labute approximate surface area is 155 Å². The zero-order valence-corrected chi connectivity index (χ0v) is 16.3. The minimum Gasteiger partial charge on any atom is -0.357 e. The predicted molar refractivity (Wildman–Crippen MR) is 106 cm³/mol. The zero-order valence-electron chi connectivity index (χ0n) is 14.0. The van der Waals surface area contributed by atoms with Crippen LogP contribution in [0.4, 0.5) is 0 Å². The van der Waals surface area contributed by atoms with Crippen molar-refractivity contribution >= 4 is 29.9 Å². The van der Waals surface area contributed by atoms with Crippen molar-refractivity contribution in [3.05, 3.63) is 53.9 Å². The first kappa shape index (κ1) is 19.5. The number of benzene rings is 1. The van der Waals surface area contributed by atoms with Crippen LogP contribution in [0.5, 0.6) is 0 Å². The second-order valence-electron chi connectivity index (χ2n) is 5.53. The topological polar surface area (TPSA) is 54.2 Å². The summed E-state index contributed by atoms with van der Waals surface area (Å²) in [7, 11) is 0. The van der Waals surface area contributed by atoms with Gasteiger partial charge < -0.3 is 10.6 Å². The number of hydrogen-bond acceptors (Lipinski definition) is 2. The summed E-state index contributed by atoms with van der Waals surface area (Å²) >= 11 is 0. The van der Waals surface area contributed by atoms with Crippen molar-refractivity contribution in [2.24, 2.45) is 4.99 Å². The molecule has 2 aromatic rings. The van der Waals surface area contributed by atoms with Gasteiger partial charge in [-0.2, -0.15) is 5.10 Å². The quantitative estimate of drug-likeness (QED) is 0.424. The summed E-state index contributed by atoms with van der Waals surface area (Å²) in [4.78, 5) is 4.59. The van der Waals surface area contributed by atoms with E-state index in [4.69, 9.17) is 0 Å². The molecule has 1 heterocycles. The second kappa shape index (κ2) is 10.3. The highest BCUT2D eigenvalue weighted by Crippen LogP contribution is 2.05. The van der Waals surface area contributed by atoms with Gasteiger partial charge in [0.15, 0.2) is 5.96 Å². The SMILES string of the molecule is CCNC(=NCc1cnn(Cc2ccccc2)c1)NC(C)C.I. The van der Waals surface area contributed by atoms with Crippen molar-refractivity contribution in [3.63, 3.8) is 0 Å². The van der Waals surface area contributed by atoms with Crippen molar-refractivity contribution in [1.29, 1.82) is 0 Å². The van der Waals surface area contributed by atoms with E-state index < -0.39 is 0 Å². The standard InChI is InChI=1S/C17H25N5.HI/c1-4-18-17(21-14(2)3)19-10-16-11-20-22(13-16)12-15-8-6-5-7-9-15;/h5-9,11,13-14H,4,10,12H2,1-3H3,(H2,18,19,21);1H. The fourth-order valence-electron chi connectivity index (χ4n) is 2.11. The maximum Gasteiger partial charge on any atom is 0.191 e. The van der Waals surface area contributed by atoms with Crippen LogP contribution >= 0.6 is 24.0 Å². The lowest BCUT2D eigenvalue weighted by atomic mass is 10.2. The molecule has 1 aromatic heterocycles. The van der Waals surface area contributed by atoms with Crippen LogP contribution in [0.3, 0.4) is 0 Å². The third-order valence-electron chi connectivity index (χ3n) is 3.06. The zero-order chi connectivity index (χ0) is 15.8. The molecule has 2 N–H and O–H groups in total. The molecule has 0 saturated carbocycles. The van der Waals surface area contributed by atoms with E-state index in [-0.39, 0.29) is 24.0 Å². The molecule has 0 aliphatic carbocycles.